The van der Waals surface area contributed by atoms with Gasteiger partial charge in [-0.05, 0) is 43.3 Å². The molecule has 0 aliphatic carbocycles. The topological polar surface area (TPSA) is 43.0 Å². The number of aromatic nitrogens is 2. The summed E-state index contributed by atoms with van der Waals surface area (Å²) < 4.78 is 20.5. The maximum absolute atomic E-state index is 12.9. The molecule has 2 heterocycles. The average Bonchev–Trinajstić information content (AvgIpc) is 3.15. The Labute approximate surface area is 122 Å². The number of nitrogens with zero attached hydrogens (tertiary/aromatic N) is 2. The zero-order chi connectivity index (χ0) is 14.7. The van der Waals surface area contributed by atoms with E-state index in [0.717, 1.165) is 29.3 Å². The molecule has 108 valence electrons. The second-order valence-electron chi connectivity index (χ2n) is 4.71. The zero-order valence-corrected chi connectivity index (χ0v) is 11.7. The molecule has 0 amide bonds. The summed E-state index contributed by atoms with van der Waals surface area (Å²) in [5.74, 6) is 1.30. The van der Waals surface area contributed by atoms with E-state index < -0.39 is 0 Å². The van der Waals surface area contributed by atoms with Gasteiger partial charge in [0.05, 0.1) is 18.4 Å². The molecule has 0 saturated carbocycles. The number of furan rings is 1. The Kier molecular flexibility index (Phi) is 3.73. The molecule has 2 aromatic heterocycles. The summed E-state index contributed by atoms with van der Waals surface area (Å²) >= 11 is 0. The van der Waals surface area contributed by atoms with Crippen molar-refractivity contribution in [3.05, 3.63) is 60.4 Å². The van der Waals surface area contributed by atoms with Crippen molar-refractivity contribution in [2.45, 2.75) is 20.0 Å². The van der Waals surface area contributed by atoms with Crippen LogP contribution in [0.25, 0.3) is 11.3 Å². The number of anilines is 1. The molecular formula is C16H16FN3O. The van der Waals surface area contributed by atoms with Crippen LogP contribution in [0.2, 0.25) is 0 Å². The summed E-state index contributed by atoms with van der Waals surface area (Å²) in [6.07, 6.45) is 3.73. The van der Waals surface area contributed by atoms with Crippen molar-refractivity contribution in [3.63, 3.8) is 0 Å². The van der Waals surface area contributed by atoms with Crippen LogP contribution in [0.5, 0.6) is 0 Å². The molecule has 4 nitrogen and oxygen atoms in total. The van der Waals surface area contributed by atoms with Crippen molar-refractivity contribution in [2.75, 3.05) is 5.32 Å². The summed E-state index contributed by atoms with van der Waals surface area (Å²) in [6.45, 7) is 3.46. The average molecular weight is 285 g/mol. The molecule has 5 heteroatoms. The number of halogens is 1. The van der Waals surface area contributed by atoms with E-state index in [9.17, 15) is 4.39 Å². The normalized spacial score (nSPS) is 10.8. The standard InChI is InChI=1S/C16H16FN3O/c1-2-20-11-14(9-19-20)18-10-15-7-8-16(21-15)12-3-5-13(17)6-4-12/h3-9,11,18H,2,10H2,1H3. The fourth-order valence-corrected chi connectivity index (χ4v) is 2.06. The van der Waals surface area contributed by atoms with Gasteiger partial charge in [0, 0.05) is 18.3 Å². The van der Waals surface area contributed by atoms with Crippen molar-refractivity contribution in [1.82, 2.24) is 9.78 Å². The molecule has 0 aliphatic heterocycles. The lowest BCUT2D eigenvalue weighted by molar-refractivity contribution is 0.531. The summed E-state index contributed by atoms with van der Waals surface area (Å²) in [5.41, 5.74) is 1.82. The molecule has 1 aromatic carbocycles. The molecule has 21 heavy (non-hydrogen) atoms. The minimum Gasteiger partial charge on any atom is -0.459 e. The van der Waals surface area contributed by atoms with Crippen molar-refractivity contribution in [3.8, 4) is 11.3 Å². The lowest BCUT2D eigenvalue weighted by Crippen LogP contribution is -1.97. The Balaban J connectivity index is 1.66. The van der Waals surface area contributed by atoms with Crippen LogP contribution in [0.1, 0.15) is 12.7 Å². The fourth-order valence-electron chi connectivity index (χ4n) is 2.06. The highest BCUT2D eigenvalue weighted by molar-refractivity contribution is 5.57. The zero-order valence-electron chi connectivity index (χ0n) is 11.7. The molecular weight excluding hydrogens is 269 g/mol. The first kappa shape index (κ1) is 13.4. The summed E-state index contributed by atoms with van der Waals surface area (Å²) in [6, 6.07) is 10.1. The lowest BCUT2D eigenvalue weighted by Gasteiger charge is -2.00. The predicted octanol–water partition coefficient (Wildman–Crippen LogP) is 3.91. The van der Waals surface area contributed by atoms with Gasteiger partial charge in [0.2, 0.25) is 0 Å². The van der Waals surface area contributed by atoms with E-state index in [4.69, 9.17) is 4.42 Å². The molecule has 3 rings (SSSR count). The van der Waals surface area contributed by atoms with Crippen LogP contribution in [0.3, 0.4) is 0 Å². The Morgan fingerprint density at radius 1 is 1.19 bits per heavy atom. The van der Waals surface area contributed by atoms with Gasteiger partial charge in [0.25, 0.3) is 0 Å². The van der Waals surface area contributed by atoms with E-state index in [-0.39, 0.29) is 5.82 Å². The summed E-state index contributed by atoms with van der Waals surface area (Å²) in [4.78, 5) is 0. The predicted molar refractivity (Wildman–Crippen MR) is 79.3 cm³/mol. The number of nitrogens with one attached hydrogen (secondary N) is 1. The Bertz CT molecular complexity index is 715. The van der Waals surface area contributed by atoms with Gasteiger partial charge < -0.3 is 9.73 Å². The third kappa shape index (κ3) is 3.13. The molecule has 0 fully saturated rings. The van der Waals surface area contributed by atoms with Crippen molar-refractivity contribution < 1.29 is 8.81 Å². The highest BCUT2D eigenvalue weighted by Gasteiger charge is 2.05. The van der Waals surface area contributed by atoms with Crippen LogP contribution in [0, 0.1) is 5.82 Å². The van der Waals surface area contributed by atoms with Gasteiger partial charge in [-0.15, -0.1) is 0 Å². The minimum absolute atomic E-state index is 0.250. The fraction of sp³-hybridized carbons (Fsp3) is 0.188. The quantitative estimate of drug-likeness (QED) is 0.772. The number of rotatable bonds is 5. The van der Waals surface area contributed by atoms with Gasteiger partial charge in [-0.2, -0.15) is 5.10 Å². The Morgan fingerprint density at radius 3 is 2.71 bits per heavy atom. The van der Waals surface area contributed by atoms with Gasteiger partial charge in [-0.1, -0.05) is 0 Å². The van der Waals surface area contributed by atoms with E-state index in [1.54, 1.807) is 18.3 Å². The van der Waals surface area contributed by atoms with E-state index in [1.165, 1.54) is 12.1 Å². The van der Waals surface area contributed by atoms with Gasteiger partial charge in [-0.3, -0.25) is 4.68 Å². The summed E-state index contributed by atoms with van der Waals surface area (Å²) in [7, 11) is 0. The molecule has 0 bridgehead atoms. The second kappa shape index (κ2) is 5.83. The first-order valence-electron chi connectivity index (χ1n) is 6.85. The maximum atomic E-state index is 12.9. The van der Waals surface area contributed by atoms with Gasteiger partial charge in [-0.25, -0.2) is 4.39 Å². The van der Waals surface area contributed by atoms with Crippen LogP contribution in [-0.4, -0.2) is 9.78 Å². The van der Waals surface area contributed by atoms with E-state index >= 15 is 0 Å². The van der Waals surface area contributed by atoms with Crippen LogP contribution in [0.4, 0.5) is 10.1 Å². The van der Waals surface area contributed by atoms with Gasteiger partial charge in [0.1, 0.15) is 17.3 Å². The highest BCUT2D eigenvalue weighted by Crippen LogP contribution is 2.22. The lowest BCUT2D eigenvalue weighted by atomic mass is 10.2. The number of hydrogen-bond acceptors (Lipinski definition) is 3. The molecule has 0 aliphatic rings. The van der Waals surface area contributed by atoms with E-state index in [2.05, 4.69) is 10.4 Å². The minimum atomic E-state index is -0.250. The highest BCUT2D eigenvalue weighted by atomic mass is 19.1. The molecule has 0 radical (unpaired) electrons. The van der Waals surface area contributed by atoms with Gasteiger partial charge >= 0.3 is 0 Å². The number of benzene rings is 1. The Morgan fingerprint density at radius 2 is 2.00 bits per heavy atom. The van der Waals surface area contributed by atoms with E-state index in [0.29, 0.717) is 6.54 Å². The third-order valence-corrected chi connectivity index (χ3v) is 3.21. The molecule has 0 unspecified atom stereocenters. The molecule has 1 N–H and O–H groups in total. The maximum Gasteiger partial charge on any atom is 0.134 e. The van der Waals surface area contributed by atoms with Crippen LogP contribution in [-0.2, 0) is 13.1 Å². The Hall–Kier alpha value is -2.56. The van der Waals surface area contributed by atoms with Crippen LogP contribution >= 0.6 is 0 Å². The first-order chi connectivity index (χ1) is 10.2. The third-order valence-electron chi connectivity index (χ3n) is 3.21. The van der Waals surface area contributed by atoms with Gasteiger partial charge in [0.15, 0.2) is 0 Å². The van der Waals surface area contributed by atoms with Crippen molar-refractivity contribution in [1.29, 1.82) is 0 Å². The van der Waals surface area contributed by atoms with Crippen LogP contribution in [0.15, 0.2) is 53.2 Å². The molecule has 0 atom stereocenters. The second-order valence-corrected chi connectivity index (χ2v) is 4.71. The molecule has 3 aromatic rings. The van der Waals surface area contributed by atoms with Crippen molar-refractivity contribution in [2.24, 2.45) is 0 Å². The van der Waals surface area contributed by atoms with E-state index in [1.807, 2.05) is 29.9 Å². The monoisotopic (exact) mass is 285 g/mol. The first-order valence-corrected chi connectivity index (χ1v) is 6.85. The number of aryl methyl sites for hydroxylation is 1. The summed E-state index contributed by atoms with van der Waals surface area (Å²) in [5, 5.41) is 7.45. The number of hydrogen-bond donors (Lipinski definition) is 1. The van der Waals surface area contributed by atoms with Crippen LogP contribution < -0.4 is 5.32 Å². The molecule has 0 spiro atoms. The van der Waals surface area contributed by atoms with Crippen molar-refractivity contribution >= 4 is 5.69 Å². The SMILES string of the molecule is CCn1cc(NCc2ccc(-c3ccc(F)cc3)o2)cn1. The smallest absolute Gasteiger partial charge is 0.134 e. The largest absolute Gasteiger partial charge is 0.459 e. The molecule has 0 saturated heterocycles.